The topological polar surface area (TPSA) is 9.23 Å². The molecule has 2 heteroatoms. The first-order chi connectivity index (χ1) is 8.76. The normalized spacial score (nSPS) is 25.6. The van der Waals surface area contributed by atoms with E-state index in [1.54, 1.807) is 0 Å². The van der Waals surface area contributed by atoms with Crippen LogP contribution in [0.4, 0.5) is 0 Å². The highest BCUT2D eigenvalue weighted by Crippen LogP contribution is 2.38. The predicted molar refractivity (Wildman–Crippen MR) is 88.1 cm³/mol. The summed E-state index contributed by atoms with van der Waals surface area (Å²) in [7, 11) is -1.53. The summed E-state index contributed by atoms with van der Waals surface area (Å²) in [6.45, 7) is 15.1. The first-order valence-electron chi connectivity index (χ1n) is 8.40. The molecule has 0 aromatic carbocycles. The Morgan fingerprint density at radius 3 is 2.00 bits per heavy atom. The van der Waals surface area contributed by atoms with Gasteiger partial charge in [-0.15, -0.1) is 0 Å². The molecule has 0 atom stereocenters. The first kappa shape index (κ1) is 17.2. The summed E-state index contributed by atoms with van der Waals surface area (Å²) in [6.07, 6.45) is 9.96. The van der Waals surface area contributed by atoms with Gasteiger partial charge in [-0.25, -0.2) is 0 Å². The Morgan fingerprint density at radius 1 is 1.00 bits per heavy atom. The highest BCUT2D eigenvalue weighted by Gasteiger charge is 2.37. The molecule has 1 rings (SSSR count). The van der Waals surface area contributed by atoms with Crippen LogP contribution in [0.2, 0.25) is 18.1 Å². The van der Waals surface area contributed by atoms with Gasteiger partial charge in [0.25, 0.3) is 0 Å². The van der Waals surface area contributed by atoms with Gasteiger partial charge in [-0.3, -0.25) is 0 Å². The summed E-state index contributed by atoms with van der Waals surface area (Å²) in [4.78, 5) is 0. The average Bonchev–Trinajstić information content (AvgIpc) is 2.34. The third-order valence-corrected chi connectivity index (χ3v) is 9.92. The van der Waals surface area contributed by atoms with E-state index >= 15 is 0 Å². The van der Waals surface area contributed by atoms with E-state index in [0.717, 1.165) is 18.4 Å². The summed E-state index contributed by atoms with van der Waals surface area (Å²) >= 11 is 0. The highest BCUT2D eigenvalue weighted by atomic mass is 28.4. The van der Waals surface area contributed by atoms with Gasteiger partial charge in [0.2, 0.25) is 0 Å². The lowest BCUT2D eigenvalue weighted by atomic mass is 9.80. The van der Waals surface area contributed by atoms with E-state index in [1.165, 1.54) is 44.9 Å². The monoisotopic (exact) mass is 284 g/mol. The molecule has 0 saturated heterocycles. The zero-order valence-electron chi connectivity index (χ0n) is 14.2. The fourth-order valence-corrected chi connectivity index (χ4v) is 3.81. The van der Waals surface area contributed by atoms with Gasteiger partial charge in [0.1, 0.15) is 0 Å². The SMILES string of the molecule is CCCCC1CCC(CO[Si](C)(C)C(C)(C)C)CC1. The summed E-state index contributed by atoms with van der Waals surface area (Å²) in [5, 5.41) is 0.353. The lowest BCUT2D eigenvalue weighted by Gasteiger charge is -2.38. The van der Waals surface area contributed by atoms with Crippen LogP contribution in [0.15, 0.2) is 0 Å². The third-order valence-electron chi connectivity index (χ3n) is 5.42. The molecule has 0 unspecified atom stereocenters. The van der Waals surface area contributed by atoms with Crippen molar-refractivity contribution in [2.45, 2.75) is 90.8 Å². The van der Waals surface area contributed by atoms with Crippen molar-refractivity contribution >= 4 is 8.32 Å². The van der Waals surface area contributed by atoms with Crippen molar-refractivity contribution in [1.82, 2.24) is 0 Å². The summed E-state index contributed by atoms with van der Waals surface area (Å²) < 4.78 is 6.39. The molecule has 114 valence electrons. The van der Waals surface area contributed by atoms with Crippen molar-refractivity contribution in [3.8, 4) is 0 Å². The molecule has 1 fully saturated rings. The Hall–Kier alpha value is 0.177. The van der Waals surface area contributed by atoms with Crippen LogP contribution in [-0.2, 0) is 4.43 Å². The Balaban J connectivity index is 2.26. The van der Waals surface area contributed by atoms with Crippen LogP contribution in [-0.4, -0.2) is 14.9 Å². The van der Waals surface area contributed by atoms with E-state index in [0.29, 0.717) is 5.04 Å². The summed E-state index contributed by atoms with van der Waals surface area (Å²) in [5.41, 5.74) is 0. The van der Waals surface area contributed by atoms with Crippen molar-refractivity contribution in [2.75, 3.05) is 6.61 Å². The van der Waals surface area contributed by atoms with Crippen LogP contribution in [0, 0.1) is 11.8 Å². The molecule has 0 aliphatic heterocycles. The largest absolute Gasteiger partial charge is 0.417 e. The van der Waals surface area contributed by atoms with E-state index in [2.05, 4.69) is 40.8 Å². The molecule has 0 bridgehead atoms. The third kappa shape index (κ3) is 5.59. The van der Waals surface area contributed by atoms with Gasteiger partial charge in [-0.2, -0.15) is 0 Å². The van der Waals surface area contributed by atoms with Gasteiger partial charge in [-0.1, -0.05) is 59.8 Å². The fraction of sp³-hybridized carbons (Fsp3) is 1.00. The molecule has 0 heterocycles. The van der Waals surface area contributed by atoms with Gasteiger partial charge in [0.15, 0.2) is 8.32 Å². The van der Waals surface area contributed by atoms with Crippen molar-refractivity contribution in [2.24, 2.45) is 11.8 Å². The number of unbranched alkanes of at least 4 members (excludes halogenated alkanes) is 1. The zero-order valence-corrected chi connectivity index (χ0v) is 15.2. The second-order valence-electron chi connectivity index (χ2n) is 8.10. The standard InChI is InChI=1S/C17H36OSi/c1-7-8-9-15-10-12-16(13-11-15)14-18-19(5,6)17(2,3)4/h15-16H,7-14H2,1-6H3. The average molecular weight is 285 g/mol. The van der Waals surface area contributed by atoms with Gasteiger partial charge >= 0.3 is 0 Å². The molecule has 0 aromatic rings. The minimum Gasteiger partial charge on any atom is -0.417 e. The van der Waals surface area contributed by atoms with E-state index in [-0.39, 0.29) is 0 Å². The minimum absolute atomic E-state index is 0.353. The highest BCUT2D eigenvalue weighted by molar-refractivity contribution is 6.74. The maximum absolute atomic E-state index is 6.39. The lowest BCUT2D eigenvalue weighted by molar-refractivity contribution is 0.167. The predicted octanol–water partition coefficient (Wildman–Crippen LogP) is 6.00. The molecule has 19 heavy (non-hydrogen) atoms. The van der Waals surface area contributed by atoms with E-state index < -0.39 is 8.32 Å². The second kappa shape index (κ2) is 7.26. The maximum Gasteiger partial charge on any atom is 0.191 e. The van der Waals surface area contributed by atoms with Crippen molar-refractivity contribution in [3.63, 3.8) is 0 Å². The van der Waals surface area contributed by atoms with Gasteiger partial charge < -0.3 is 4.43 Å². The smallest absolute Gasteiger partial charge is 0.191 e. The Bertz CT molecular complexity index is 246. The van der Waals surface area contributed by atoms with Crippen molar-refractivity contribution in [1.29, 1.82) is 0 Å². The molecule has 0 aromatic heterocycles. The zero-order chi connectivity index (χ0) is 14.5. The molecule has 0 spiro atoms. The van der Waals surface area contributed by atoms with Crippen molar-refractivity contribution in [3.05, 3.63) is 0 Å². The van der Waals surface area contributed by atoms with Crippen molar-refractivity contribution < 1.29 is 4.43 Å². The molecule has 1 aliphatic rings. The Labute approximate surface area is 122 Å². The number of rotatable bonds is 6. The van der Waals surface area contributed by atoms with Crippen LogP contribution in [0.3, 0.4) is 0 Å². The van der Waals surface area contributed by atoms with Gasteiger partial charge in [-0.05, 0) is 42.8 Å². The Kier molecular flexibility index (Phi) is 6.58. The van der Waals surface area contributed by atoms with Gasteiger partial charge in [0, 0.05) is 6.61 Å². The molecule has 1 nitrogen and oxygen atoms in total. The molecule has 0 radical (unpaired) electrons. The Morgan fingerprint density at radius 2 is 1.53 bits per heavy atom. The molecule has 0 amide bonds. The number of hydrogen-bond acceptors (Lipinski definition) is 1. The molecule has 1 saturated carbocycles. The lowest BCUT2D eigenvalue weighted by Crippen LogP contribution is -2.42. The number of hydrogen-bond donors (Lipinski definition) is 0. The molecule has 1 aliphatic carbocycles. The van der Waals surface area contributed by atoms with E-state index in [9.17, 15) is 0 Å². The van der Waals surface area contributed by atoms with Crippen LogP contribution in [0.1, 0.15) is 72.6 Å². The van der Waals surface area contributed by atoms with Crippen LogP contribution >= 0.6 is 0 Å². The molecular formula is C17H36OSi. The maximum atomic E-state index is 6.39. The van der Waals surface area contributed by atoms with E-state index in [4.69, 9.17) is 4.43 Å². The van der Waals surface area contributed by atoms with Crippen LogP contribution < -0.4 is 0 Å². The van der Waals surface area contributed by atoms with Crippen LogP contribution in [0.25, 0.3) is 0 Å². The quantitative estimate of drug-likeness (QED) is 0.543. The second-order valence-corrected chi connectivity index (χ2v) is 12.9. The summed E-state index contributed by atoms with van der Waals surface area (Å²) in [6, 6.07) is 0. The molecule has 0 N–H and O–H groups in total. The van der Waals surface area contributed by atoms with Crippen LogP contribution in [0.5, 0.6) is 0 Å². The first-order valence-corrected chi connectivity index (χ1v) is 11.3. The fourth-order valence-electron chi connectivity index (χ4n) is 2.72. The minimum atomic E-state index is -1.53. The summed E-state index contributed by atoms with van der Waals surface area (Å²) in [5.74, 6) is 1.86. The van der Waals surface area contributed by atoms with E-state index in [1.807, 2.05) is 0 Å². The van der Waals surface area contributed by atoms with Gasteiger partial charge in [0.05, 0.1) is 0 Å². The molecular weight excluding hydrogens is 248 g/mol.